The number of esters is 1. The van der Waals surface area contributed by atoms with E-state index in [1.807, 2.05) is 54.6 Å². The van der Waals surface area contributed by atoms with Gasteiger partial charge in [0.25, 0.3) is 0 Å². The molecular formula is C20H18O3. The van der Waals surface area contributed by atoms with Crippen LogP contribution in [0.3, 0.4) is 0 Å². The van der Waals surface area contributed by atoms with Crippen LogP contribution < -0.4 is 4.74 Å². The van der Waals surface area contributed by atoms with E-state index < -0.39 is 11.9 Å². The number of rotatable bonds is 4. The van der Waals surface area contributed by atoms with Crippen molar-refractivity contribution in [3.8, 4) is 17.6 Å². The van der Waals surface area contributed by atoms with Gasteiger partial charge in [-0.15, -0.1) is 0 Å². The first kappa shape index (κ1) is 16.4. The van der Waals surface area contributed by atoms with E-state index >= 15 is 0 Å². The highest BCUT2D eigenvalue weighted by Crippen LogP contribution is 2.23. The summed E-state index contributed by atoms with van der Waals surface area (Å²) >= 11 is 0. The Morgan fingerprint density at radius 2 is 1.70 bits per heavy atom. The summed E-state index contributed by atoms with van der Waals surface area (Å²) in [4.78, 5) is 11.8. The molecule has 0 saturated carbocycles. The lowest BCUT2D eigenvalue weighted by atomic mass is 9.92. The maximum Gasteiger partial charge on any atom is 0.334 e. The van der Waals surface area contributed by atoms with Gasteiger partial charge in [-0.05, 0) is 29.8 Å². The number of hydrogen-bond donors (Lipinski definition) is 0. The van der Waals surface area contributed by atoms with Crippen LogP contribution in [-0.2, 0) is 9.53 Å². The second kappa shape index (κ2) is 7.86. The minimum Gasteiger partial charge on any atom is -0.497 e. The second-order valence-corrected chi connectivity index (χ2v) is 4.86. The van der Waals surface area contributed by atoms with E-state index in [2.05, 4.69) is 18.4 Å². The summed E-state index contributed by atoms with van der Waals surface area (Å²) < 4.78 is 9.90. The molecule has 23 heavy (non-hydrogen) atoms. The van der Waals surface area contributed by atoms with Gasteiger partial charge in [-0.1, -0.05) is 48.8 Å². The highest BCUT2D eigenvalue weighted by atomic mass is 16.5. The molecule has 0 aliphatic heterocycles. The largest absolute Gasteiger partial charge is 0.497 e. The van der Waals surface area contributed by atoms with Crippen LogP contribution in [0.1, 0.15) is 17.0 Å². The van der Waals surface area contributed by atoms with Crippen LogP contribution in [0.5, 0.6) is 5.75 Å². The lowest BCUT2D eigenvalue weighted by Gasteiger charge is -2.12. The number of methoxy groups -OCH3 is 2. The summed E-state index contributed by atoms with van der Waals surface area (Å²) in [6.45, 7) is 3.84. The third-order valence-corrected chi connectivity index (χ3v) is 3.38. The van der Waals surface area contributed by atoms with E-state index in [0.717, 1.165) is 16.9 Å². The zero-order chi connectivity index (χ0) is 16.7. The van der Waals surface area contributed by atoms with Gasteiger partial charge in [0.05, 0.1) is 20.1 Å². The Kier molecular flexibility index (Phi) is 5.60. The zero-order valence-corrected chi connectivity index (χ0v) is 13.2. The van der Waals surface area contributed by atoms with Crippen molar-refractivity contribution in [2.75, 3.05) is 14.2 Å². The van der Waals surface area contributed by atoms with Crippen molar-refractivity contribution >= 4 is 5.97 Å². The van der Waals surface area contributed by atoms with E-state index in [1.165, 1.54) is 7.11 Å². The van der Waals surface area contributed by atoms with Gasteiger partial charge in [0, 0.05) is 11.1 Å². The summed E-state index contributed by atoms with van der Waals surface area (Å²) in [5, 5.41) is 0. The van der Waals surface area contributed by atoms with Gasteiger partial charge in [-0.25, -0.2) is 4.79 Å². The monoisotopic (exact) mass is 306 g/mol. The lowest BCUT2D eigenvalue weighted by Crippen LogP contribution is -2.11. The molecule has 0 aromatic heterocycles. The standard InChI is InChI=1S/C20H18O3/c1-15(20(21)23-3)19(17-7-5-4-6-8-17)14-11-16-9-12-18(22-2)13-10-16/h4-10,12-13,19H,1H2,2-3H3/t19-/m1/s1. The molecule has 0 bridgehead atoms. The predicted molar refractivity (Wildman–Crippen MR) is 90.2 cm³/mol. The SMILES string of the molecule is C=C(C(=O)OC)[C@@H](C#Cc1ccc(OC)cc1)c1ccccc1. The zero-order valence-electron chi connectivity index (χ0n) is 13.2. The topological polar surface area (TPSA) is 35.5 Å². The Morgan fingerprint density at radius 1 is 1.04 bits per heavy atom. The van der Waals surface area contributed by atoms with Crippen LogP contribution in [0, 0.1) is 11.8 Å². The van der Waals surface area contributed by atoms with Crippen molar-refractivity contribution in [3.63, 3.8) is 0 Å². The van der Waals surface area contributed by atoms with Gasteiger partial charge >= 0.3 is 5.97 Å². The van der Waals surface area contributed by atoms with Gasteiger partial charge in [0.15, 0.2) is 0 Å². The number of carbonyl (C=O) groups excluding carboxylic acids is 1. The fraction of sp³-hybridized carbons (Fsp3) is 0.150. The van der Waals surface area contributed by atoms with Crippen LogP contribution in [0.2, 0.25) is 0 Å². The maximum absolute atomic E-state index is 11.8. The van der Waals surface area contributed by atoms with Crippen molar-refractivity contribution in [3.05, 3.63) is 77.9 Å². The molecular weight excluding hydrogens is 288 g/mol. The molecule has 0 saturated heterocycles. The Bertz CT molecular complexity index is 734. The molecule has 2 rings (SSSR count). The van der Waals surface area contributed by atoms with Gasteiger partial charge < -0.3 is 9.47 Å². The number of hydrogen-bond acceptors (Lipinski definition) is 3. The van der Waals surface area contributed by atoms with Crippen molar-refractivity contribution in [2.45, 2.75) is 5.92 Å². The van der Waals surface area contributed by atoms with E-state index in [-0.39, 0.29) is 0 Å². The minimum absolute atomic E-state index is 0.319. The molecule has 3 heteroatoms. The van der Waals surface area contributed by atoms with Crippen molar-refractivity contribution in [1.82, 2.24) is 0 Å². The average Bonchev–Trinajstić information content (AvgIpc) is 2.62. The quantitative estimate of drug-likeness (QED) is 0.492. The smallest absolute Gasteiger partial charge is 0.334 e. The first-order chi connectivity index (χ1) is 11.2. The minimum atomic E-state index is -0.456. The molecule has 0 heterocycles. The van der Waals surface area contributed by atoms with Crippen LogP contribution in [-0.4, -0.2) is 20.2 Å². The Hall–Kier alpha value is -2.99. The normalized spacial score (nSPS) is 10.9. The first-order valence-corrected chi connectivity index (χ1v) is 7.13. The molecule has 0 fully saturated rings. The highest BCUT2D eigenvalue weighted by Gasteiger charge is 2.19. The first-order valence-electron chi connectivity index (χ1n) is 7.13. The molecule has 2 aromatic carbocycles. The molecule has 1 atom stereocenters. The number of benzene rings is 2. The summed E-state index contributed by atoms with van der Waals surface area (Å²) in [5.41, 5.74) is 2.06. The Balaban J connectivity index is 2.33. The van der Waals surface area contributed by atoms with Gasteiger partial charge in [-0.2, -0.15) is 0 Å². The Morgan fingerprint density at radius 3 is 2.26 bits per heavy atom. The third kappa shape index (κ3) is 4.24. The third-order valence-electron chi connectivity index (χ3n) is 3.38. The maximum atomic E-state index is 11.8. The molecule has 116 valence electrons. The predicted octanol–water partition coefficient (Wildman–Crippen LogP) is 3.56. The highest BCUT2D eigenvalue weighted by molar-refractivity contribution is 5.90. The van der Waals surface area contributed by atoms with E-state index in [4.69, 9.17) is 9.47 Å². The summed E-state index contributed by atoms with van der Waals surface area (Å²) in [5.74, 6) is 6.10. The van der Waals surface area contributed by atoms with Gasteiger partial charge in [0.2, 0.25) is 0 Å². The molecule has 3 nitrogen and oxygen atoms in total. The van der Waals surface area contributed by atoms with Crippen LogP contribution in [0.4, 0.5) is 0 Å². The molecule has 0 aliphatic rings. The van der Waals surface area contributed by atoms with E-state index in [1.54, 1.807) is 7.11 Å². The number of ether oxygens (including phenoxy) is 2. The van der Waals surface area contributed by atoms with Crippen molar-refractivity contribution in [1.29, 1.82) is 0 Å². The van der Waals surface area contributed by atoms with Crippen LogP contribution >= 0.6 is 0 Å². The molecule has 0 radical (unpaired) electrons. The van der Waals surface area contributed by atoms with Gasteiger partial charge in [-0.3, -0.25) is 0 Å². The van der Waals surface area contributed by atoms with Gasteiger partial charge in [0.1, 0.15) is 5.75 Å². The summed E-state index contributed by atoms with van der Waals surface area (Å²) in [6.07, 6.45) is 0. The Labute approximate surface area is 136 Å². The molecule has 0 unspecified atom stereocenters. The van der Waals surface area contributed by atoms with E-state index in [0.29, 0.717) is 5.57 Å². The molecule has 0 amide bonds. The van der Waals surface area contributed by atoms with Crippen LogP contribution in [0.25, 0.3) is 0 Å². The molecule has 2 aromatic rings. The lowest BCUT2D eigenvalue weighted by molar-refractivity contribution is -0.136. The average molecular weight is 306 g/mol. The van der Waals surface area contributed by atoms with Crippen molar-refractivity contribution < 1.29 is 14.3 Å². The molecule has 0 N–H and O–H groups in total. The van der Waals surface area contributed by atoms with Crippen LogP contribution in [0.15, 0.2) is 66.7 Å². The molecule has 0 aliphatic carbocycles. The molecule has 0 spiro atoms. The number of carbonyl (C=O) groups is 1. The second-order valence-electron chi connectivity index (χ2n) is 4.86. The van der Waals surface area contributed by atoms with E-state index in [9.17, 15) is 4.79 Å². The van der Waals surface area contributed by atoms with Crippen molar-refractivity contribution in [2.24, 2.45) is 0 Å². The summed E-state index contributed by atoms with van der Waals surface area (Å²) in [7, 11) is 2.96. The fourth-order valence-electron chi connectivity index (χ4n) is 2.10. The fourth-order valence-corrected chi connectivity index (χ4v) is 2.10. The summed E-state index contributed by atoms with van der Waals surface area (Å²) in [6, 6.07) is 17.0.